The summed E-state index contributed by atoms with van der Waals surface area (Å²) in [4.78, 5) is 63.1. The highest BCUT2D eigenvalue weighted by Gasteiger charge is 2.43. The first kappa shape index (κ1) is 41.6. The van der Waals surface area contributed by atoms with Crippen LogP contribution in [0.3, 0.4) is 0 Å². The molecule has 59 heavy (non-hydrogen) atoms. The molecule has 12 nitrogen and oxygen atoms in total. The number of alkyl carbamates (subject to hydrolysis) is 1. The number of fused-ring (bicyclic) bond motifs is 1. The second kappa shape index (κ2) is 17.7. The van der Waals surface area contributed by atoms with Crippen LogP contribution < -0.4 is 5.32 Å². The van der Waals surface area contributed by atoms with Crippen LogP contribution in [0.15, 0.2) is 79.0 Å². The first-order valence-electron chi connectivity index (χ1n) is 20.5. The first-order chi connectivity index (χ1) is 28.4. The minimum absolute atomic E-state index is 0.105. The summed E-state index contributed by atoms with van der Waals surface area (Å²) in [5.41, 5.74) is 6.27. The largest absolute Gasteiger partial charge is 0.453 e. The number of aromatic amines is 2. The lowest BCUT2D eigenvalue weighted by atomic mass is 10.0. The van der Waals surface area contributed by atoms with Gasteiger partial charge in [-0.15, -0.1) is 0 Å². The van der Waals surface area contributed by atoms with Gasteiger partial charge in [-0.2, -0.15) is 0 Å². The molecule has 2 fully saturated rings. The fourth-order valence-corrected chi connectivity index (χ4v) is 10.7. The van der Waals surface area contributed by atoms with Crippen molar-refractivity contribution in [1.82, 2.24) is 40.0 Å². The number of aromatic nitrogens is 4. The molecule has 2 aliphatic heterocycles. The maximum absolute atomic E-state index is 14.2. The zero-order chi connectivity index (χ0) is 41.8. The number of hydrogen-bond donors (Lipinski definition) is 3. The van der Waals surface area contributed by atoms with Gasteiger partial charge in [0.05, 0.1) is 48.0 Å². The minimum atomic E-state index is -1.10. The third-order valence-corrected chi connectivity index (χ3v) is 13.7. The molecule has 13 heteroatoms. The standard InChI is InChI=1S/C46H56N8O4S/c1-8-52(9-2)41(34-14-11-10-12-15-34)45(56)53-25-13-16-38(53)42-47-27-37(50-42)33-22-19-31(20-23-33)17-18-32-21-24-35-36(26-32)49-43(48-35)39-28-59(6,7)29-54(39)44(55)40(30(3)4)51-46(57)58-5/h10-12,14-15,19-24,26-27,30,38-41H,8-9,13,16,25,28-29H2,1-7H3,(H,47,50)(H,48,49)(H,51,57)/t38-,39-,40-,41+/m0/s1. The predicted molar refractivity (Wildman–Crippen MR) is 235 cm³/mol. The molecule has 310 valence electrons. The number of ether oxygens (including phenoxy) is 1. The Morgan fingerprint density at radius 3 is 2.32 bits per heavy atom. The van der Waals surface area contributed by atoms with Crippen molar-refractivity contribution in [3.8, 4) is 23.1 Å². The molecule has 4 atom stereocenters. The molecule has 0 bridgehead atoms. The van der Waals surface area contributed by atoms with Crippen molar-refractivity contribution in [2.24, 2.45) is 5.92 Å². The van der Waals surface area contributed by atoms with Crippen molar-refractivity contribution >= 4 is 39.0 Å². The van der Waals surface area contributed by atoms with E-state index < -0.39 is 22.2 Å². The summed E-state index contributed by atoms with van der Waals surface area (Å²) >= 11 is 0. The van der Waals surface area contributed by atoms with Crippen LogP contribution in [-0.2, 0) is 14.3 Å². The number of H-pyrrole nitrogens is 2. The van der Waals surface area contributed by atoms with Gasteiger partial charge in [0.25, 0.3) is 0 Å². The minimum Gasteiger partial charge on any atom is -0.453 e. The van der Waals surface area contributed by atoms with Crippen LogP contribution in [0.2, 0.25) is 0 Å². The molecule has 2 saturated heterocycles. The summed E-state index contributed by atoms with van der Waals surface area (Å²) in [5.74, 6) is 9.46. The highest BCUT2D eigenvalue weighted by molar-refractivity contribution is 8.32. The number of likely N-dealkylation sites (tertiary alicyclic amines) is 1. The Labute approximate surface area is 348 Å². The van der Waals surface area contributed by atoms with Gasteiger partial charge in [0, 0.05) is 23.4 Å². The molecule has 5 aromatic rings. The lowest BCUT2D eigenvalue weighted by Gasteiger charge is -2.34. The van der Waals surface area contributed by atoms with E-state index in [0.29, 0.717) is 12.4 Å². The van der Waals surface area contributed by atoms with Gasteiger partial charge in [-0.25, -0.2) is 24.8 Å². The van der Waals surface area contributed by atoms with Gasteiger partial charge in [-0.1, -0.05) is 82.0 Å². The number of carbonyl (C=O) groups excluding carboxylic acids is 3. The maximum Gasteiger partial charge on any atom is 0.407 e. The van der Waals surface area contributed by atoms with Crippen molar-refractivity contribution < 1.29 is 19.1 Å². The van der Waals surface area contributed by atoms with Crippen molar-refractivity contribution in [1.29, 1.82) is 0 Å². The van der Waals surface area contributed by atoms with Crippen molar-refractivity contribution in [2.75, 3.05) is 50.9 Å². The second-order valence-electron chi connectivity index (χ2n) is 16.3. The second-order valence-corrected chi connectivity index (χ2v) is 20.5. The van der Waals surface area contributed by atoms with Gasteiger partial charge in [0.1, 0.15) is 23.7 Å². The van der Waals surface area contributed by atoms with Crippen molar-refractivity contribution in [2.45, 2.75) is 64.7 Å². The molecule has 3 aromatic carbocycles. The summed E-state index contributed by atoms with van der Waals surface area (Å²) < 4.78 is 4.81. The first-order valence-corrected chi connectivity index (χ1v) is 23.3. The fraction of sp³-hybridized carbons (Fsp3) is 0.413. The van der Waals surface area contributed by atoms with E-state index in [0.717, 1.165) is 82.3 Å². The number of nitrogens with zero attached hydrogens (tertiary/aromatic N) is 5. The normalized spacial score (nSPS) is 19.1. The van der Waals surface area contributed by atoms with E-state index in [1.54, 1.807) is 0 Å². The number of rotatable bonds is 11. The predicted octanol–water partition coefficient (Wildman–Crippen LogP) is 7.39. The number of likely N-dealkylation sites (N-methyl/N-ethyl adjacent to an activating group) is 1. The van der Waals surface area contributed by atoms with Crippen LogP contribution in [0.1, 0.15) is 87.0 Å². The zero-order valence-electron chi connectivity index (χ0n) is 35.1. The Morgan fingerprint density at radius 1 is 0.915 bits per heavy atom. The van der Waals surface area contributed by atoms with E-state index in [4.69, 9.17) is 14.7 Å². The Morgan fingerprint density at radius 2 is 1.63 bits per heavy atom. The number of methoxy groups -OCH3 is 1. The van der Waals surface area contributed by atoms with Crippen LogP contribution >= 0.6 is 10.0 Å². The average Bonchev–Trinajstić information content (AvgIpc) is 4.06. The van der Waals surface area contributed by atoms with Crippen LogP contribution in [0.25, 0.3) is 22.3 Å². The molecule has 2 aromatic heterocycles. The quantitative estimate of drug-likeness (QED) is 0.118. The molecule has 0 spiro atoms. The van der Waals surface area contributed by atoms with E-state index in [1.165, 1.54) is 7.11 Å². The average molecular weight is 817 g/mol. The molecule has 0 unspecified atom stereocenters. The molecule has 0 saturated carbocycles. The number of imidazole rings is 2. The van der Waals surface area contributed by atoms with Crippen molar-refractivity contribution in [3.05, 3.63) is 107 Å². The zero-order valence-corrected chi connectivity index (χ0v) is 35.9. The molecular formula is C46H56N8O4S. The lowest BCUT2D eigenvalue weighted by molar-refractivity contribution is -0.138. The molecule has 2 aliphatic rings. The van der Waals surface area contributed by atoms with Gasteiger partial charge >= 0.3 is 6.09 Å². The molecular weight excluding hydrogens is 761 g/mol. The Kier molecular flexibility index (Phi) is 12.5. The monoisotopic (exact) mass is 816 g/mol. The van der Waals surface area contributed by atoms with Crippen LogP contribution in [0, 0.1) is 17.8 Å². The summed E-state index contributed by atoms with van der Waals surface area (Å²) in [6, 6.07) is 22.7. The van der Waals surface area contributed by atoms with Gasteiger partial charge in [-0.05, 0) is 85.8 Å². The summed E-state index contributed by atoms with van der Waals surface area (Å²) in [6.07, 6.45) is 7.49. The van der Waals surface area contributed by atoms with E-state index in [2.05, 4.69) is 58.4 Å². The van der Waals surface area contributed by atoms with E-state index in [-0.39, 0.29) is 35.9 Å². The van der Waals surface area contributed by atoms with Gasteiger partial charge in [-0.3, -0.25) is 14.5 Å². The van der Waals surface area contributed by atoms with E-state index in [9.17, 15) is 14.4 Å². The summed E-state index contributed by atoms with van der Waals surface area (Å²) in [7, 11) is 0.197. The summed E-state index contributed by atoms with van der Waals surface area (Å²) in [6.45, 7) is 10.3. The van der Waals surface area contributed by atoms with Gasteiger partial charge < -0.3 is 29.8 Å². The fourth-order valence-electron chi connectivity index (χ4n) is 8.36. The highest BCUT2D eigenvalue weighted by Crippen LogP contribution is 2.52. The van der Waals surface area contributed by atoms with Crippen LogP contribution in [-0.4, -0.2) is 109 Å². The smallest absolute Gasteiger partial charge is 0.407 e. The van der Waals surface area contributed by atoms with Crippen LogP contribution in [0.5, 0.6) is 0 Å². The highest BCUT2D eigenvalue weighted by atomic mass is 32.3. The topological polar surface area (TPSA) is 140 Å². The summed E-state index contributed by atoms with van der Waals surface area (Å²) in [5, 5.41) is 2.74. The number of carbonyl (C=O) groups is 3. The van der Waals surface area contributed by atoms with E-state index >= 15 is 0 Å². The number of nitrogens with one attached hydrogen (secondary N) is 3. The number of amides is 3. The third kappa shape index (κ3) is 9.04. The molecule has 0 aliphatic carbocycles. The Balaban J connectivity index is 1.04. The third-order valence-electron chi connectivity index (χ3n) is 11.5. The molecule has 7 rings (SSSR count). The molecule has 3 N–H and O–H groups in total. The molecule has 0 radical (unpaired) electrons. The Bertz CT molecular complexity index is 2340. The van der Waals surface area contributed by atoms with Gasteiger partial charge in [0.2, 0.25) is 11.8 Å². The number of benzene rings is 3. The molecule has 3 amide bonds. The number of hydrogen-bond acceptors (Lipinski definition) is 7. The Hall–Kier alpha value is -5.58. The SMILES string of the molecule is CCN(CC)[C@@H](C(=O)N1CCC[C@H]1c1ncc(-c2ccc(C#Cc3ccc4[nH]c([C@@H]5CS(C)(C)CN5C(=O)[C@@H](NC(=O)OC)C(C)C)nc4c3)cc2)[nH]1)c1ccccc1. The maximum atomic E-state index is 14.2. The molecule has 4 heterocycles. The van der Waals surface area contributed by atoms with Crippen LogP contribution in [0.4, 0.5) is 4.79 Å². The van der Waals surface area contributed by atoms with E-state index in [1.807, 2.05) is 103 Å². The lowest BCUT2D eigenvalue weighted by Crippen LogP contribution is -2.51. The van der Waals surface area contributed by atoms with Crippen molar-refractivity contribution in [3.63, 3.8) is 0 Å². The van der Waals surface area contributed by atoms with Gasteiger partial charge in [0.15, 0.2) is 0 Å².